The maximum atomic E-state index is 11.5. The van der Waals surface area contributed by atoms with Gasteiger partial charge in [-0.15, -0.1) is 6.42 Å². The Morgan fingerprint density at radius 2 is 1.89 bits per heavy atom. The van der Waals surface area contributed by atoms with Gasteiger partial charge in [0.25, 0.3) is 0 Å². The van der Waals surface area contributed by atoms with Gasteiger partial charge in [0, 0.05) is 6.54 Å². The third-order valence-electron chi connectivity index (χ3n) is 2.64. The van der Waals surface area contributed by atoms with Gasteiger partial charge in [-0.1, -0.05) is 19.8 Å². The summed E-state index contributed by atoms with van der Waals surface area (Å²) in [4.78, 5) is 22.7. The average molecular weight is 268 g/mol. The fourth-order valence-corrected chi connectivity index (χ4v) is 1.40. The molecule has 0 saturated heterocycles. The second kappa shape index (κ2) is 8.54. The molecule has 0 aliphatic rings. The number of carbonyl (C=O) groups is 2. The van der Waals surface area contributed by atoms with E-state index in [1.807, 2.05) is 0 Å². The van der Waals surface area contributed by atoms with Crippen LogP contribution in [0.15, 0.2) is 0 Å². The van der Waals surface area contributed by atoms with Crippen molar-refractivity contribution in [3.63, 3.8) is 0 Å². The van der Waals surface area contributed by atoms with Crippen LogP contribution in [-0.2, 0) is 9.59 Å². The van der Waals surface area contributed by atoms with E-state index in [1.54, 1.807) is 6.92 Å². The number of carbonyl (C=O) groups excluding carboxylic acids is 2. The Morgan fingerprint density at radius 1 is 1.32 bits per heavy atom. The van der Waals surface area contributed by atoms with E-state index in [-0.39, 0.29) is 19.5 Å². The molecule has 0 aliphatic carbocycles. The maximum Gasteiger partial charge on any atom is 0.230 e. The Morgan fingerprint density at radius 3 is 2.42 bits per heavy atom. The van der Waals surface area contributed by atoms with Crippen molar-refractivity contribution in [2.24, 2.45) is 5.92 Å². The summed E-state index contributed by atoms with van der Waals surface area (Å²) in [6.07, 6.45) is 6.19. The lowest BCUT2D eigenvalue weighted by Gasteiger charge is -2.24. The first-order chi connectivity index (χ1) is 8.76. The molecule has 2 amide bonds. The molecule has 0 rings (SSSR count). The molecule has 108 valence electrons. The van der Waals surface area contributed by atoms with Gasteiger partial charge < -0.3 is 15.7 Å². The van der Waals surface area contributed by atoms with Crippen LogP contribution in [0, 0.1) is 18.3 Å². The van der Waals surface area contributed by atoms with Crippen LogP contribution in [0.3, 0.4) is 0 Å². The number of nitrogens with one attached hydrogen (secondary N) is 2. The van der Waals surface area contributed by atoms with Gasteiger partial charge >= 0.3 is 0 Å². The Labute approximate surface area is 115 Å². The molecule has 0 aromatic rings. The van der Waals surface area contributed by atoms with Crippen LogP contribution in [0.2, 0.25) is 0 Å². The van der Waals surface area contributed by atoms with Crippen molar-refractivity contribution >= 4 is 11.8 Å². The molecule has 0 fully saturated rings. The highest BCUT2D eigenvalue weighted by molar-refractivity contribution is 5.96. The molecule has 1 atom stereocenters. The standard InChI is InChI=1S/C14H24N2O3/c1-5-8-15-12(17)9-13(18)16-10-14(4,19)7-6-11(2)3/h1,11,19H,6-10H2,2-4H3,(H,15,17)(H,16,18). The highest BCUT2D eigenvalue weighted by Gasteiger charge is 2.21. The average Bonchev–Trinajstić information content (AvgIpc) is 2.32. The van der Waals surface area contributed by atoms with E-state index < -0.39 is 17.4 Å². The second-order valence-corrected chi connectivity index (χ2v) is 5.36. The minimum Gasteiger partial charge on any atom is -0.388 e. The first-order valence-electron chi connectivity index (χ1n) is 6.46. The molecule has 5 nitrogen and oxygen atoms in total. The van der Waals surface area contributed by atoms with Gasteiger partial charge in [0.2, 0.25) is 11.8 Å². The van der Waals surface area contributed by atoms with Crippen LogP contribution in [0.5, 0.6) is 0 Å². The van der Waals surface area contributed by atoms with E-state index in [2.05, 4.69) is 30.4 Å². The van der Waals surface area contributed by atoms with Crippen LogP contribution in [-0.4, -0.2) is 35.6 Å². The van der Waals surface area contributed by atoms with Gasteiger partial charge in [0.05, 0.1) is 12.1 Å². The highest BCUT2D eigenvalue weighted by Crippen LogP contribution is 2.15. The van der Waals surface area contributed by atoms with Crippen LogP contribution >= 0.6 is 0 Å². The SMILES string of the molecule is C#CCNC(=O)CC(=O)NCC(C)(O)CCC(C)C. The molecular weight excluding hydrogens is 244 g/mol. The summed E-state index contributed by atoms with van der Waals surface area (Å²) < 4.78 is 0. The molecular formula is C14H24N2O3. The minimum atomic E-state index is -0.949. The number of rotatable bonds is 8. The van der Waals surface area contributed by atoms with Gasteiger partial charge in [-0.05, 0) is 25.7 Å². The van der Waals surface area contributed by atoms with E-state index in [0.717, 1.165) is 6.42 Å². The molecule has 0 heterocycles. The molecule has 0 saturated carbocycles. The van der Waals surface area contributed by atoms with Gasteiger partial charge in [0.15, 0.2) is 0 Å². The Kier molecular flexibility index (Phi) is 7.85. The molecule has 3 N–H and O–H groups in total. The molecule has 0 aromatic heterocycles. The maximum absolute atomic E-state index is 11.5. The molecule has 0 spiro atoms. The normalized spacial score (nSPS) is 13.5. The van der Waals surface area contributed by atoms with Gasteiger partial charge in [0.1, 0.15) is 6.42 Å². The predicted octanol–water partition coefficient (Wildman–Crippen LogP) is 0.429. The minimum absolute atomic E-state index is 0.109. The lowest BCUT2D eigenvalue weighted by atomic mass is 9.95. The first kappa shape index (κ1) is 17.5. The van der Waals surface area contributed by atoms with Crippen molar-refractivity contribution in [1.82, 2.24) is 10.6 Å². The van der Waals surface area contributed by atoms with Crippen LogP contribution in [0.25, 0.3) is 0 Å². The summed E-state index contributed by atoms with van der Waals surface area (Å²) in [7, 11) is 0. The molecule has 19 heavy (non-hydrogen) atoms. The summed E-state index contributed by atoms with van der Waals surface area (Å²) >= 11 is 0. The molecule has 0 aliphatic heterocycles. The van der Waals surface area contributed by atoms with E-state index in [1.165, 1.54) is 0 Å². The zero-order valence-electron chi connectivity index (χ0n) is 12.0. The summed E-state index contributed by atoms with van der Waals surface area (Å²) in [5.74, 6) is 1.91. The molecule has 1 unspecified atom stereocenters. The van der Waals surface area contributed by atoms with E-state index in [9.17, 15) is 14.7 Å². The summed E-state index contributed by atoms with van der Waals surface area (Å²) in [5, 5.41) is 15.0. The molecule has 0 bridgehead atoms. The van der Waals surface area contributed by atoms with E-state index in [0.29, 0.717) is 12.3 Å². The highest BCUT2D eigenvalue weighted by atomic mass is 16.3. The van der Waals surface area contributed by atoms with Gasteiger partial charge in [-0.25, -0.2) is 0 Å². The molecule has 5 heteroatoms. The lowest BCUT2D eigenvalue weighted by molar-refractivity contribution is -0.129. The summed E-state index contributed by atoms with van der Waals surface area (Å²) in [6.45, 7) is 6.07. The van der Waals surface area contributed by atoms with Crippen molar-refractivity contribution in [3.8, 4) is 12.3 Å². The summed E-state index contributed by atoms with van der Waals surface area (Å²) in [5.41, 5.74) is -0.949. The van der Waals surface area contributed by atoms with Crippen LogP contribution in [0.4, 0.5) is 0 Å². The van der Waals surface area contributed by atoms with E-state index >= 15 is 0 Å². The topological polar surface area (TPSA) is 78.4 Å². The van der Waals surface area contributed by atoms with Gasteiger partial charge in [-0.2, -0.15) is 0 Å². The monoisotopic (exact) mass is 268 g/mol. The third kappa shape index (κ3) is 10.1. The number of aliphatic hydroxyl groups is 1. The summed E-state index contributed by atoms with van der Waals surface area (Å²) in [6, 6.07) is 0. The van der Waals surface area contributed by atoms with Crippen molar-refractivity contribution in [2.75, 3.05) is 13.1 Å². The van der Waals surface area contributed by atoms with E-state index in [4.69, 9.17) is 6.42 Å². The Hall–Kier alpha value is -1.54. The Bertz CT molecular complexity index is 343. The second-order valence-electron chi connectivity index (χ2n) is 5.36. The molecule has 0 aromatic carbocycles. The Balaban J connectivity index is 3.94. The number of hydrogen-bond acceptors (Lipinski definition) is 3. The van der Waals surface area contributed by atoms with Crippen molar-refractivity contribution in [3.05, 3.63) is 0 Å². The largest absolute Gasteiger partial charge is 0.388 e. The molecule has 0 radical (unpaired) electrons. The predicted molar refractivity (Wildman–Crippen MR) is 74.2 cm³/mol. The van der Waals surface area contributed by atoms with Gasteiger partial charge in [-0.3, -0.25) is 9.59 Å². The van der Waals surface area contributed by atoms with Crippen molar-refractivity contribution in [1.29, 1.82) is 0 Å². The van der Waals surface area contributed by atoms with Crippen molar-refractivity contribution in [2.45, 2.75) is 45.6 Å². The lowest BCUT2D eigenvalue weighted by Crippen LogP contribution is -2.42. The number of amides is 2. The fraction of sp³-hybridized carbons (Fsp3) is 0.714. The number of hydrogen-bond donors (Lipinski definition) is 3. The quantitative estimate of drug-likeness (QED) is 0.441. The first-order valence-corrected chi connectivity index (χ1v) is 6.46. The zero-order chi connectivity index (χ0) is 14.9. The van der Waals surface area contributed by atoms with Crippen LogP contribution in [0.1, 0.15) is 40.0 Å². The third-order valence-corrected chi connectivity index (χ3v) is 2.64. The smallest absolute Gasteiger partial charge is 0.230 e. The fourth-order valence-electron chi connectivity index (χ4n) is 1.40. The zero-order valence-corrected chi connectivity index (χ0v) is 12.0. The van der Waals surface area contributed by atoms with Crippen molar-refractivity contribution < 1.29 is 14.7 Å². The van der Waals surface area contributed by atoms with Crippen LogP contribution < -0.4 is 10.6 Å². The number of terminal acetylenes is 1.